The van der Waals surface area contributed by atoms with Crippen LogP contribution in [0.1, 0.15) is 0 Å². The number of benzene rings is 1. The van der Waals surface area contributed by atoms with E-state index in [2.05, 4.69) is 25.9 Å². The third kappa shape index (κ3) is 1.70. The van der Waals surface area contributed by atoms with Crippen molar-refractivity contribution in [3.05, 3.63) is 32.1 Å². The van der Waals surface area contributed by atoms with Gasteiger partial charge in [0.1, 0.15) is 5.15 Å². The van der Waals surface area contributed by atoms with Crippen LogP contribution in [-0.2, 0) is 0 Å². The van der Waals surface area contributed by atoms with E-state index in [1.165, 1.54) is 0 Å². The van der Waals surface area contributed by atoms with Gasteiger partial charge in [0.25, 0.3) is 0 Å². The number of fused-ring (bicyclic) bond motifs is 1. The molecule has 0 N–H and O–H groups in total. The average molecular weight is 312 g/mol. The minimum absolute atomic E-state index is 0.112. The number of aromatic nitrogens is 2. The summed E-state index contributed by atoms with van der Waals surface area (Å²) in [5.74, 6) is 0. The topological polar surface area (TPSA) is 25.8 Å². The summed E-state index contributed by atoms with van der Waals surface area (Å²) in [6.07, 6.45) is 0. The van der Waals surface area contributed by atoms with Crippen molar-refractivity contribution in [3.63, 3.8) is 0 Å². The van der Waals surface area contributed by atoms with Gasteiger partial charge < -0.3 is 0 Å². The van der Waals surface area contributed by atoms with Gasteiger partial charge in [0, 0.05) is 4.47 Å². The van der Waals surface area contributed by atoms with Gasteiger partial charge in [0.15, 0.2) is 0 Å². The van der Waals surface area contributed by atoms with Crippen LogP contribution >= 0.6 is 50.7 Å². The minimum atomic E-state index is 0.112. The highest BCUT2D eigenvalue weighted by Gasteiger charge is 2.10. The van der Waals surface area contributed by atoms with Crippen molar-refractivity contribution in [1.29, 1.82) is 0 Å². The summed E-state index contributed by atoms with van der Waals surface area (Å²) >= 11 is 20.9. The largest absolute Gasteiger partial charge is 0.224 e. The van der Waals surface area contributed by atoms with E-state index in [9.17, 15) is 0 Å². The Morgan fingerprint density at radius 1 is 1.07 bits per heavy atom. The fourth-order valence-electron chi connectivity index (χ4n) is 1.09. The van der Waals surface area contributed by atoms with E-state index in [1.54, 1.807) is 12.1 Å². The highest BCUT2D eigenvalue weighted by atomic mass is 79.9. The second-order valence-corrected chi connectivity index (χ2v) is 4.47. The van der Waals surface area contributed by atoms with Gasteiger partial charge in [-0.15, -0.1) is 0 Å². The van der Waals surface area contributed by atoms with Crippen molar-refractivity contribution in [2.75, 3.05) is 0 Å². The fourth-order valence-corrected chi connectivity index (χ4v) is 2.21. The molecule has 14 heavy (non-hydrogen) atoms. The monoisotopic (exact) mass is 310 g/mol. The van der Waals surface area contributed by atoms with E-state index in [1.807, 2.05) is 0 Å². The normalized spacial score (nSPS) is 10.9. The summed E-state index contributed by atoms with van der Waals surface area (Å²) in [5.41, 5.74) is 0.628. The molecule has 2 aromatic rings. The van der Waals surface area contributed by atoms with Crippen molar-refractivity contribution in [1.82, 2.24) is 9.97 Å². The maximum Gasteiger partial charge on any atom is 0.224 e. The van der Waals surface area contributed by atoms with E-state index in [-0.39, 0.29) is 10.4 Å². The lowest BCUT2D eigenvalue weighted by Crippen LogP contribution is -1.87. The summed E-state index contributed by atoms with van der Waals surface area (Å²) in [6.45, 7) is 0. The first-order valence-electron chi connectivity index (χ1n) is 3.56. The van der Waals surface area contributed by atoms with Gasteiger partial charge in [-0.3, -0.25) is 0 Å². The van der Waals surface area contributed by atoms with E-state index < -0.39 is 0 Å². The summed E-state index contributed by atoms with van der Waals surface area (Å²) in [7, 11) is 0. The maximum absolute atomic E-state index is 6.03. The third-order valence-electron chi connectivity index (χ3n) is 1.68. The van der Waals surface area contributed by atoms with Crippen LogP contribution in [-0.4, -0.2) is 9.97 Å². The Kier molecular flexibility index (Phi) is 2.84. The van der Waals surface area contributed by atoms with Crippen LogP contribution in [0, 0.1) is 0 Å². The predicted octanol–water partition coefficient (Wildman–Crippen LogP) is 4.35. The molecule has 0 saturated carbocycles. The lowest BCUT2D eigenvalue weighted by molar-refractivity contribution is 1.22. The Labute approximate surface area is 103 Å². The predicted molar refractivity (Wildman–Crippen MR) is 62.3 cm³/mol. The van der Waals surface area contributed by atoms with Crippen molar-refractivity contribution in [2.45, 2.75) is 0 Å². The van der Waals surface area contributed by atoms with E-state index in [4.69, 9.17) is 34.8 Å². The molecular formula is C8H2BrCl3N2. The molecule has 6 heteroatoms. The van der Waals surface area contributed by atoms with E-state index in [0.29, 0.717) is 15.9 Å². The van der Waals surface area contributed by atoms with Crippen molar-refractivity contribution in [3.8, 4) is 0 Å². The molecule has 0 spiro atoms. The van der Waals surface area contributed by atoms with Gasteiger partial charge in [0.2, 0.25) is 5.28 Å². The Morgan fingerprint density at radius 3 is 2.50 bits per heavy atom. The van der Waals surface area contributed by atoms with Crippen molar-refractivity contribution >= 4 is 61.6 Å². The van der Waals surface area contributed by atoms with Gasteiger partial charge >= 0.3 is 0 Å². The van der Waals surface area contributed by atoms with Crippen molar-refractivity contribution in [2.24, 2.45) is 0 Å². The van der Waals surface area contributed by atoms with Crippen LogP contribution in [0.3, 0.4) is 0 Å². The molecule has 0 unspecified atom stereocenters. The van der Waals surface area contributed by atoms with Crippen LogP contribution in [0.25, 0.3) is 10.9 Å². The second kappa shape index (κ2) is 3.81. The van der Waals surface area contributed by atoms with Gasteiger partial charge in [-0.1, -0.05) is 23.2 Å². The first kappa shape index (κ1) is 10.4. The lowest BCUT2D eigenvalue weighted by Gasteiger charge is -2.03. The van der Waals surface area contributed by atoms with Crippen molar-refractivity contribution < 1.29 is 0 Å². The molecule has 72 valence electrons. The second-order valence-electron chi connectivity index (χ2n) is 2.54. The molecule has 2 rings (SSSR count). The molecule has 0 saturated heterocycles. The lowest BCUT2D eigenvalue weighted by atomic mass is 10.2. The van der Waals surface area contributed by atoms with Gasteiger partial charge in [-0.05, 0) is 39.7 Å². The summed E-state index contributed by atoms with van der Waals surface area (Å²) in [6, 6.07) is 3.55. The zero-order chi connectivity index (χ0) is 10.3. The van der Waals surface area contributed by atoms with Gasteiger partial charge in [0.05, 0.1) is 15.9 Å². The van der Waals surface area contributed by atoms with Crippen LogP contribution in [0.2, 0.25) is 15.5 Å². The third-order valence-corrected chi connectivity index (χ3v) is 3.41. The zero-order valence-corrected chi connectivity index (χ0v) is 10.4. The SMILES string of the molecule is Clc1nc(Cl)c2c(Cl)c(Br)ccc2n1. The van der Waals surface area contributed by atoms with Crippen LogP contribution in [0.4, 0.5) is 0 Å². The maximum atomic E-state index is 6.03. The molecule has 0 aliphatic carbocycles. The summed E-state index contributed by atoms with van der Waals surface area (Å²) < 4.78 is 0.750. The Morgan fingerprint density at radius 2 is 1.79 bits per heavy atom. The molecule has 1 heterocycles. The molecule has 0 atom stereocenters. The molecular weight excluding hydrogens is 310 g/mol. The molecule has 0 aliphatic heterocycles. The Bertz CT molecular complexity index is 515. The Hall–Kier alpha value is -0.0900. The van der Waals surface area contributed by atoms with Gasteiger partial charge in [-0.2, -0.15) is 0 Å². The molecule has 0 amide bonds. The first-order chi connectivity index (χ1) is 6.59. The number of halogens is 4. The molecule has 0 bridgehead atoms. The van der Waals surface area contributed by atoms with E-state index in [0.717, 1.165) is 4.47 Å². The standard InChI is InChI=1S/C8H2BrCl3N2/c9-3-1-2-4-5(6(3)10)7(11)14-8(12)13-4/h1-2H. The molecule has 0 radical (unpaired) electrons. The highest BCUT2D eigenvalue weighted by molar-refractivity contribution is 9.10. The van der Waals surface area contributed by atoms with E-state index >= 15 is 0 Å². The van der Waals surface area contributed by atoms with Crippen LogP contribution in [0.5, 0.6) is 0 Å². The van der Waals surface area contributed by atoms with Crippen LogP contribution in [0.15, 0.2) is 16.6 Å². The molecule has 1 aromatic heterocycles. The number of hydrogen-bond acceptors (Lipinski definition) is 2. The molecule has 1 aromatic carbocycles. The first-order valence-corrected chi connectivity index (χ1v) is 5.49. The quantitative estimate of drug-likeness (QED) is 0.534. The highest BCUT2D eigenvalue weighted by Crippen LogP contribution is 2.34. The molecule has 2 nitrogen and oxygen atoms in total. The number of rotatable bonds is 0. The smallest absolute Gasteiger partial charge is 0.218 e. The number of hydrogen-bond donors (Lipinski definition) is 0. The summed E-state index contributed by atoms with van der Waals surface area (Å²) in [5, 5.41) is 1.46. The average Bonchev–Trinajstić information content (AvgIpc) is 2.10. The molecule has 0 fully saturated rings. The van der Waals surface area contributed by atoms with Gasteiger partial charge in [-0.25, -0.2) is 9.97 Å². The number of nitrogens with zero attached hydrogens (tertiary/aromatic N) is 2. The van der Waals surface area contributed by atoms with Crippen LogP contribution < -0.4 is 0 Å². The zero-order valence-electron chi connectivity index (χ0n) is 6.56. The minimum Gasteiger partial charge on any atom is -0.218 e. The Balaban J connectivity index is 2.95. The summed E-state index contributed by atoms with van der Waals surface area (Å²) in [4.78, 5) is 7.82. The fraction of sp³-hybridized carbons (Fsp3) is 0. The molecule has 0 aliphatic rings.